The van der Waals surface area contributed by atoms with Gasteiger partial charge in [0.2, 0.25) is 0 Å². The van der Waals surface area contributed by atoms with Crippen molar-refractivity contribution >= 4 is 23.3 Å². The first-order chi connectivity index (χ1) is 19.2. The largest absolute Gasteiger partial charge is 0.465 e. The number of aromatic nitrogens is 2. The number of aryl methyl sites for hydroxylation is 2. The van der Waals surface area contributed by atoms with Crippen LogP contribution >= 0.6 is 0 Å². The minimum atomic E-state index is -0.447. The molecule has 0 aliphatic heterocycles. The van der Waals surface area contributed by atoms with Gasteiger partial charge in [-0.1, -0.05) is 24.3 Å². The molecule has 7 heteroatoms. The van der Waals surface area contributed by atoms with Crippen molar-refractivity contribution < 1.29 is 14.3 Å². The molecular weight excluding hydrogens is 500 g/mol. The third-order valence-electron chi connectivity index (χ3n) is 9.61. The molecule has 2 aromatic carbocycles. The van der Waals surface area contributed by atoms with E-state index in [1.807, 2.05) is 49.3 Å². The van der Waals surface area contributed by atoms with Gasteiger partial charge in [-0.15, -0.1) is 0 Å². The predicted molar refractivity (Wildman–Crippen MR) is 158 cm³/mol. The minimum absolute atomic E-state index is 0.273. The summed E-state index contributed by atoms with van der Waals surface area (Å²) in [5.41, 5.74) is 5.50. The van der Waals surface area contributed by atoms with Crippen LogP contribution in [0.4, 0.5) is 11.4 Å². The molecule has 2 N–H and O–H groups in total. The van der Waals surface area contributed by atoms with E-state index in [4.69, 9.17) is 9.72 Å². The topological polar surface area (TPSA) is 87.3 Å². The number of imidazole rings is 1. The molecule has 210 valence electrons. The lowest BCUT2D eigenvalue weighted by atomic mass is 9.48. The number of hydrogen-bond acceptors (Lipinski definition) is 5. The average molecular weight is 541 g/mol. The first-order valence-electron chi connectivity index (χ1n) is 14.6. The maximum Gasteiger partial charge on any atom is 0.340 e. The highest BCUT2D eigenvalue weighted by Crippen LogP contribution is 2.61. The zero-order valence-electron chi connectivity index (χ0n) is 24.0. The molecule has 1 heterocycles. The Balaban J connectivity index is 1.29. The van der Waals surface area contributed by atoms with Gasteiger partial charge in [-0.2, -0.15) is 0 Å². The molecule has 4 saturated carbocycles. The third kappa shape index (κ3) is 5.02. The number of H-pyrrole nitrogens is 1. The Labute approximate surface area is 236 Å². The SMILES string of the molecule is COC(=O)c1cc(NC(=O)c2nc(-c3ccccc3C)[nH]c2CCC23CC4CC(CC(C4)C2)C3)ccc1N(C)C. The van der Waals surface area contributed by atoms with Crippen molar-refractivity contribution in [2.24, 2.45) is 23.2 Å². The lowest BCUT2D eigenvalue weighted by Gasteiger charge is -2.57. The monoisotopic (exact) mass is 540 g/mol. The van der Waals surface area contributed by atoms with Crippen LogP contribution in [0.3, 0.4) is 0 Å². The standard InChI is InChI=1S/C33H40N4O3/c1-20-7-5-6-8-25(20)30-35-27(11-12-33-17-21-13-22(18-33)15-23(14-21)19-33)29(36-30)31(38)34-24-9-10-28(37(2)3)26(16-24)32(39)40-4/h5-10,16,21-23H,11-15,17-19H2,1-4H3,(H,34,38)(H,35,36). The number of anilines is 2. The van der Waals surface area contributed by atoms with E-state index in [1.165, 1.54) is 45.6 Å². The highest BCUT2D eigenvalue weighted by Gasteiger charge is 2.50. The van der Waals surface area contributed by atoms with Crippen molar-refractivity contribution in [1.29, 1.82) is 0 Å². The number of amides is 1. The van der Waals surface area contributed by atoms with Crippen LogP contribution in [-0.4, -0.2) is 43.0 Å². The van der Waals surface area contributed by atoms with Gasteiger partial charge in [0, 0.05) is 31.0 Å². The van der Waals surface area contributed by atoms with E-state index in [9.17, 15) is 9.59 Å². The van der Waals surface area contributed by atoms with Crippen molar-refractivity contribution in [3.05, 3.63) is 65.0 Å². The molecule has 3 aromatic rings. The Morgan fingerprint density at radius 2 is 1.73 bits per heavy atom. The molecule has 0 spiro atoms. The quantitative estimate of drug-likeness (QED) is 0.313. The number of hydrogen-bond donors (Lipinski definition) is 2. The Hall–Kier alpha value is -3.61. The van der Waals surface area contributed by atoms with Gasteiger partial charge in [0.25, 0.3) is 5.91 Å². The van der Waals surface area contributed by atoms with Crippen LogP contribution in [0.1, 0.15) is 77.0 Å². The molecule has 4 bridgehead atoms. The van der Waals surface area contributed by atoms with E-state index in [1.54, 1.807) is 6.07 Å². The molecule has 0 saturated heterocycles. The van der Waals surface area contributed by atoms with Gasteiger partial charge in [0.15, 0.2) is 0 Å². The predicted octanol–water partition coefficient (Wildman–Crippen LogP) is 6.64. The average Bonchev–Trinajstić information content (AvgIpc) is 3.35. The summed E-state index contributed by atoms with van der Waals surface area (Å²) in [5, 5.41) is 3.01. The molecular formula is C33H40N4O3. The maximum atomic E-state index is 13.7. The van der Waals surface area contributed by atoms with E-state index < -0.39 is 5.97 Å². The van der Waals surface area contributed by atoms with Gasteiger partial charge in [-0.05, 0) is 105 Å². The molecule has 4 aliphatic carbocycles. The molecule has 4 aliphatic rings. The molecule has 1 aromatic heterocycles. The zero-order chi connectivity index (χ0) is 28.0. The Morgan fingerprint density at radius 1 is 1.05 bits per heavy atom. The van der Waals surface area contributed by atoms with Crippen molar-refractivity contribution in [1.82, 2.24) is 9.97 Å². The number of nitrogens with one attached hydrogen (secondary N) is 2. The maximum absolute atomic E-state index is 13.7. The van der Waals surface area contributed by atoms with Crippen molar-refractivity contribution in [2.45, 2.75) is 58.3 Å². The lowest BCUT2D eigenvalue weighted by Crippen LogP contribution is -2.46. The highest BCUT2D eigenvalue weighted by molar-refractivity contribution is 6.05. The molecule has 0 radical (unpaired) electrons. The summed E-state index contributed by atoms with van der Waals surface area (Å²) in [6, 6.07) is 13.4. The van der Waals surface area contributed by atoms with Crippen LogP contribution in [0, 0.1) is 30.1 Å². The van der Waals surface area contributed by atoms with Gasteiger partial charge >= 0.3 is 5.97 Å². The Morgan fingerprint density at radius 3 is 2.35 bits per heavy atom. The van der Waals surface area contributed by atoms with Gasteiger partial charge in [0.05, 0.1) is 18.4 Å². The highest BCUT2D eigenvalue weighted by atomic mass is 16.5. The Kier molecular flexibility index (Phi) is 6.93. The van der Waals surface area contributed by atoms with Crippen molar-refractivity contribution in [3.63, 3.8) is 0 Å². The van der Waals surface area contributed by atoms with E-state index >= 15 is 0 Å². The van der Waals surface area contributed by atoms with Crippen molar-refractivity contribution in [3.8, 4) is 11.4 Å². The first kappa shape index (κ1) is 26.6. The fraction of sp³-hybridized carbons (Fsp3) is 0.485. The summed E-state index contributed by atoms with van der Waals surface area (Å²) in [5.74, 6) is 2.69. The summed E-state index contributed by atoms with van der Waals surface area (Å²) in [7, 11) is 5.10. The lowest BCUT2D eigenvalue weighted by molar-refractivity contribution is -0.0570. The minimum Gasteiger partial charge on any atom is -0.465 e. The number of methoxy groups -OCH3 is 1. The molecule has 0 atom stereocenters. The van der Waals surface area contributed by atoms with E-state index in [0.29, 0.717) is 22.4 Å². The second-order valence-corrected chi connectivity index (χ2v) is 12.7. The number of ether oxygens (including phenoxy) is 1. The molecule has 7 rings (SSSR count). The molecule has 4 fully saturated rings. The van der Waals surface area contributed by atoms with Gasteiger partial charge in [-0.3, -0.25) is 4.79 Å². The van der Waals surface area contributed by atoms with Gasteiger partial charge in [-0.25, -0.2) is 9.78 Å². The van der Waals surface area contributed by atoms with E-state index in [2.05, 4.69) is 23.3 Å². The third-order valence-corrected chi connectivity index (χ3v) is 9.61. The van der Waals surface area contributed by atoms with E-state index in [0.717, 1.165) is 58.9 Å². The Bertz CT molecular complexity index is 1400. The summed E-state index contributed by atoms with van der Waals surface area (Å²) in [4.78, 5) is 36.5. The molecule has 40 heavy (non-hydrogen) atoms. The number of aromatic amines is 1. The summed E-state index contributed by atoms with van der Waals surface area (Å²) < 4.78 is 4.99. The van der Waals surface area contributed by atoms with Gasteiger partial charge < -0.3 is 19.9 Å². The van der Waals surface area contributed by atoms with Crippen LogP contribution in [0.2, 0.25) is 0 Å². The normalized spacial score (nSPS) is 24.6. The number of carbonyl (C=O) groups is 2. The smallest absolute Gasteiger partial charge is 0.340 e. The molecule has 7 nitrogen and oxygen atoms in total. The fourth-order valence-electron chi connectivity index (χ4n) is 8.20. The van der Waals surface area contributed by atoms with Gasteiger partial charge in [0.1, 0.15) is 11.5 Å². The summed E-state index contributed by atoms with van der Waals surface area (Å²) in [6.07, 6.45) is 10.2. The number of nitrogens with zero attached hydrogens (tertiary/aromatic N) is 2. The van der Waals surface area contributed by atoms with Crippen LogP contribution in [0.5, 0.6) is 0 Å². The number of carbonyl (C=O) groups excluding carboxylic acids is 2. The second kappa shape index (κ2) is 10.4. The van der Waals surface area contributed by atoms with Crippen molar-refractivity contribution in [2.75, 3.05) is 31.4 Å². The fourth-order valence-corrected chi connectivity index (χ4v) is 8.20. The van der Waals surface area contributed by atoms with E-state index in [-0.39, 0.29) is 5.91 Å². The summed E-state index contributed by atoms with van der Waals surface area (Å²) in [6.45, 7) is 2.06. The van der Waals surface area contributed by atoms with Crippen LogP contribution in [0.25, 0.3) is 11.4 Å². The van der Waals surface area contributed by atoms with Crippen LogP contribution in [-0.2, 0) is 11.2 Å². The first-order valence-corrected chi connectivity index (χ1v) is 14.6. The zero-order valence-corrected chi connectivity index (χ0v) is 24.0. The number of rotatable bonds is 8. The molecule has 1 amide bonds. The van der Waals surface area contributed by atoms with Crippen LogP contribution < -0.4 is 10.2 Å². The molecule has 0 unspecified atom stereocenters. The van der Waals surface area contributed by atoms with Crippen LogP contribution in [0.15, 0.2) is 42.5 Å². The summed E-state index contributed by atoms with van der Waals surface area (Å²) >= 11 is 0. The number of benzene rings is 2. The number of esters is 1. The second-order valence-electron chi connectivity index (χ2n) is 12.7.